The van der Waals surface area contributed by atoms with Gasteiger partial charge in [-0.1, -0.05) is 19.8 Å². The summed E-state index contributed by atoms with van der Waals surface area (Å²) in [5.41, 5.74) is 0.255. The molecule has 0 aliphatic heterocycles. The topological polar surface area (TPSA) is 43.4 Å². The monoisotopic (exact) mass is 312 g/mol. The summed E-state index contributed by atoms with van der Waals surface area (Å²) in [5.74, 6) is -0.188. The summed E-state index contributed by atoms with van der Waals surface area (Å²) in [5, 5.41) is 0.0980. The summed E-state index contributed by atoms with van der Waals surface area (Å²) in [7, 11) is 0.199. The number of methoxy groups -OCH3 is 1. The van der Waals surface area contributed by atoms with Gasteiger partial charge in [0.2, 0.25) is 0 Å². The lowest BCUT2D eigenvalue weighted by Gasteiger charge is -2.25. The Labute approximate surface area is 127 Å². The number of ketones is 1. The molecule has 0 radical (unpaired) electrons. The maximum Gasteiger partial charge on any atom is 0.175 e. The highest BCUT2D eigenvalue weighted by Crippen LogP contribution is 2.27. The van der Waals surface area contributed by atoms with Gasteiger partial charge in [-0.05, 0) is 37.0 Å². The van der Waals surface area contributed by atoms with E-state index in [1.807, 2.05) is 0 Å². The lowest BCUT2D eigenvalue weighted by Crippen LogP contribution is -2.27. The molecule has 116 valence electrons. The van der Waals surface area contributed by atoms with Crippen LogP contribution in [0.2, 0.25) is 0 Å². The lowest BCUT2D eigenvalue weighted by atomic mass is 9.91. The van der Waals surface area contributed by atoms with Crippen LogP contribution in [0.3, 0.4) is 0 Å². The second-order valence-corrected chi connectivity index (χ2v) is 7.41. The van der Waals surface area contributed by atoms with Crippen LogP contribution in [0.15, 0.2) is 18.2 Å². The minimum Gasteiger partial charge on any atom is -0.494 e. The third-order valence-electron chi connectivity index (χ3n) is 4.01. The van der Waals surface area contributed by atoms with Crippen molar-refractivity contribution < 1.29 is 18.1 Å². The third kappa shape index (κ3) is 4.13. The van der Waals surface area contributed by atoms with E-state index in [9.17, 15) is 13.4 Å². The average Bonchev–Trinajstić information content (AvgIpc) is 2.47. The number of halogens is 1. The van der Waals surface area contributed by atoms with Crippen LogP contribution >= 0.6 is 0 Å². The molecule has 1 aromatic rings. The van der Waals surface area contributed by atoms with Gasteiger partial charge in [-0.3, -0.25) is 9.00 Å². The normalized spacial score (nSPS) is 23.6. The highest BCUT2D eigenvalue weighted by atomic mass is 32.2. The quantitative estimate of drug-likeness (QED) is 0.783. The van der Waals surface area contributed by atoms with E-state index in [1.54, 1.807) is 0 Å². The van der Waals surface area contributed by atoms with Gasteiger partial charge in [0.05, 0.1) is 12.9 Å². The lowest BCUT2D eigenvalue weighted by molar-refractivity contribution is 0.102. The van der Waals surface area contributed by atoms with Gasteiger partial charge < -0.3 is 4.74 Å². The Morgan fingerprint density at radius 2 is 2.19 bits per heavy atom. The standard InChI is InChI=1S/C16H21FO3S/c1-11-4-3-5-13(8-11)21(19)10-15(18)12-6-7-16(20-2)14(17)9-12/h6-7,9,11,13H,3-5,8,10H2,1-2H3. The predicted octanol–water partition coefficient (Wildman–Crippen LogP) is 3.34. The molecule has 0 saturated heterocycles. The number of benzene rings is 1. The first kappa shape index (κ1) is 16.1. The summed E-state index contributed by atoms with van der Waals surface area (Å²) >= 11 is 0. The largest absolute Gasteiger partial charge is 0.494 e. The molecular formula is C16H21FO3S. The number of ether oxygens (including phenoxy) is 1. The van der Waals surface area contributed by atoms with Gasteiger partial charge in [-0.25, -0.2) is 4.39 Å². The SMILES string of the molecule is COc1ccc(C(=O)CS(=O)C2CCCC(C)C2)cc1F. The summed E-state index contributed by atoms with van der Waals surface area (Å²) in [6.07, 6.45) is 4.08. The van der Waals surface area contributed by atoms with Crippen LogP contribution in [0.5, 0.6) is 5.75 Å². The van der Waals surface area contributed by atoms with Crippen LogP contribution in [-0.4, -0.2) is 28.1 Å². The Bertz CT molecular complexity index is 544. The number of Topliss-reactive ketones (excluding diaryl/α,β-unsaturated/α-hetero) is 1. The minimum absolute atomic E-state index is 0.0246. The number of carbonyl (C=O) groups excluding carboxylic acids is 1. The van der Waals surface area contributed by atoms with Gasteiger partial charge in [0.1, 0.15) is 0 Å². The van der Waals surface area contributed by atoms with Crippen molar-refractivity contribution in [1.29, 1.82) is 0 Å². The molecule has 2 rings (SSSR count). The summed E-state index contributed by atoms with van der Waals surface area (Å²) in [6.45, 7) is 2.16. The Morgan fingerprint density at radius 1 is 1.43 bits per heavy atom. The Hall–Kier alpha value is -1.23. The zero-order chi connectivity index (χ0) is 15.4. The van der Waals surface area contributed by atoms with E-state index in [0.29, 0.717) is 5.92 Å². The van der Waals surface area contributed by atoms with Gasteiger partial charge in [-0.2, -0.15) is 0 Å². The van der Waals surface area contributed by atoms with Crippen LogP contribution in [0.1, 0.15) is 43.0 Å². The van der Waals surface area contributed by atoms with E-state index in [2.05, 4.69) is 6.92 Å². The van der Waals surface area contributed by atoms with Gasteiger partial charge >= 0.3 is 0 Å². The zero-order valence-corrected chi connectivity index (χ0v) is 13.2. The van der Waals surface area contributed by atoms with Gasteiger partial charge in [0.25, 0.3) is 0 Å². The molecule has 0 aromatic heterocycles. The van der Waals surface area contributed by atoms with Crippen LogP contribution in [0, 0.1) is 11.7 Å². The van der Waals surface area contributed by atoms with Gasteiger partial charge in [-0.15, -0.1) is 0 Å². The fourth-order valence-electron chi connectivity index (χ4n) is 2.79. The van der Waals surface area contributed by atoms with Gasteiger partial charge in [0.15, 0.2) is 17.3 Å². The molecule has 0 bridgehead atoms. The molecule has 1 saturated carbocycles. The molecule has 1 aromatic carbocycles. The molecule has 1 aliphatic rings. The average molecular weight is 312 g/mol. The van der Waals surface area contributed by atoms with Crippen LogP contribution in [-0.2, 0) is 10.8 Å². The summed E-state index contributed by atoms with van der Waals surface area (Å²) < 4.78 is 30.7. The molecule has 3 nitrogen and oxygen atoms in total. The van der Waals surface area contributed by atoms with Crippen molar-refractivity contribution >= 4 is 16.6 Å². The van der Waals surface area contributed by atoms with Crippen LogP contribution in [0.4, 0.5) is 4.39 Å². The maximum atomic E-state index is 13.6. The number of hydrogen-bond acceptors (Lipinski definition) is 3. The van der Waals surface area contributed by atoms with Crippen molar-refractivity contribution in [3.05, 3.63) is 29.6 Å². The fraction of sp³-hybridized carbons (Fsp3) is 0.562. The van der Waals surface area contributed by atoms with E-state index in [0.717, 1.165) is 25.3 Å². The third-order valence-corrected chi connectivity index (χ3v) is 5.73. The Kier molecular flexibility index (Phi) is 5.51. The first-order chi connectivity index (χ1) is 10.0. The van der Waals surface area contributed by atoms with Crippen molar-refractivity contribution in [1.82, 2.24) is 0 Å². The molecule has 1 aliphatic carbocycles. The molecule has 5 heteroatoms. The Balaban J connectivity index is 2.00. The summed E-state index contributed by atoms with van der Waals surface area (Å²) in [4.78, 5) is 12.1. The molecule has 0 heterocycles. The first-order valence-electron chi connectivity index (χ1n) is 7.25. The van der Waals surface area contributed by atoms with Crippen molar-refractivity contribution in [2.45, 2.75) is 37.9 Å². The van der Waals surface area contributed by atoms with Crippen molar-refractivity contribution in [3.8, 4) is 5.75 Å². The minimum atomic E-state index is -1.17. The molecule has 21 heavy (non-hydrogen) atoms. The van der Waals surface area contributed by atoms with Crippen molar-refractivity contribution in [2.24, 2.45) is 5.92 Å². The highest BCUT2D eigenvalue weighted by Gasteiger charge is 2.25. The predicted molar refractivity (Wildman–Crippen MR) is 81.7 cm³/mol. The Morgan fingerprint density at radius 3 is 2.81 bits per heavy atom. The van der Waals surface area contributed by atoms with E-state index in [1.165, 1.54) is 25.7 Å². The van der Waals surface area contributed by atoms with Crippen LogP contribution < -0.4 is 4.74 Å². The van der Waals surface area contributed by atoms with E-state index in [-0.39, 0.29) is 28.1 Å². The van der Waals surface area contributed by atoms with E-state index in [4.69, 9.17) is 4.74 Å². The smallest absolute Gasteiger partial charge is 0.175 e. The zero-order valence-electron chi connectivity index (χ0n) is 12.4. The van der Waals surface area contributed by atoms with Crippen molar-refractivity contribution in [2.75, 3.05) is 12.9 Å². The molecule has 3 atom stereocenters. The number of hydrogen-bond donors (Lipinski definition) is 0. The molecular weight excluding hydrogens is 291 g/mol. The van der Waals surface area contributed by atoms with E-state index >= 15 is 0 Å². The molecule has 1 fully saturated rings. The van der Waals surface area contributed by atoms with Crippen LogP contribution in [0.25, 0.3) is 0 Å². The molecule has 3 unspecified atom stereocenters. The number of rotatable bonds is 5. The van der Waals surface area contributed by atoms with Crippen molar-refractivity contribution in [3.63, 3.8) is 0 Å². The fourth-order valence-corrected chi connectivity index (χ4v) is 4.42. The molecule has 0 amide bonds. The second kappa shape index (κ2) is 7.16. The summed E-state index contributed by atoms with van der Waals surface area (Å²) in [6, 6.07) is 4.10. The van der Waals surface area contributed by atoms with E-state index < -0.39 is 16.6 Å². The highest BCUT2D eigenvalue weighted by molar-refractivity contribution is 7.86. The molecule has 0 spiro atoms. The number of carbonyl (C=O) groups is 1. The molecule has 0 N–H and O–H groups in total. The van der Waals surface area contributed by atoms with Gasteiger partial charge in [0, 0.05) is 21.6 Å². The first-order valence-corrected chi connectivity index (χ1v) is 8.63. The maximum absolute atomic E-state index is 13.6. The second-order valence-electron chi connectivity index (χ2n) is 5.69.